The molecule has 1 heterocycles. The number of rotatable bonds is 3. The van der Waals surface area contributed by atoms with E-state index in [2.05, 4.69) is 10.2 Å². The third-order valence-corrected chi connectivity index (χ3v) is 2.48. The molecule has 18 heavy (non-hydrogen) atoms. The second-order valence-electron chi connectivity index (χ2n) is 3.73. The predicted octanol–water partition coefficient (Wildman–Crippen LogP) is 2.37. The summed E-state index contributed by atoms with van der Waals surface area (Å²) in [4.78, 5) is 10.2. The molecule has 0 fully saturated rings. The average molecular weight is 245 g/mol. The number of hydrogen-bond acceptors (Lipinski definition) is 5. The van der Waals surface area contributed by atoms with Crippen LogP contribution in [0.4, 0.5) is 5.69 Å². The number of nitro groups is 1. The third kappa shape index (κ3) is 2.27. The normalized spacial score (nSPS) is 10.1. The SMILES string of the molecule is COc1cc([N+](=O)[O-])ccc1-c1cnnc(C)c1. The van der Waals surface area contributed by atoms with Crippen LogP contribution < -0.4 is 4.74 Å². The van der Waals surface area contributed by atoms with Gasteiger partial charge in [-0.1, -0.05) is 0 Å². The zero-order chi connectivity index (χ0) is 13.1. The van der Waals surface area contributed by atoms with Crippen LogP contribution >= 0.6 is 0 Å². The van der Waals surface area contributed by atoms with Crippen LogP contribution in [0.5, 0.6) is 5.75 Å². The van der Waals surface area contributed by atoms with Crippen LogP contribution in [0.25, 0.3) is 11.1 Å². The Morgan fingerprint density at radius 3 is 2.72 bits per heavy atom. The van der Waals surface area contributed by atoms with Crippen molar-refractivity contribution < 1.29 is 9.66 Å². The lowest BCUT2D eigenvalue weighted by Crippen LogP contribution is -1.94. The van der Waals surface area contributed by atoms with Crippen molar-refractivity contribution in [1.29, 1.82) is 0 Å². The lowest BCUT2D eigenvalue weighted by molar-refractivity contribution is -0.384. The summed E-state index contributed by atoms with van der Waals surface area (Å²) in [7, 11) is 1.48. The fourth-order valence-electron chi connectivity index (χ4n) is 1.65. The summed E-state index contributed by atoms with van der Waals surface area (Å²) in [5.74, 6) is 0.441. The Morgan fingerprint density at radius 2 is 2.11 bits per heavy atom. The van der Waals surface area contributed by atoms with Crippen LogP contribution in [0, 0.1) is 17.0 Å². The van der Waals surface area contributed by atoms with Crippen molar-refractivity contribution in [3.63, 3.8) is 0 Å². The summed E-state index contributed by atoms with van der Waals surface area (Å²) in [6.07, 6.45) is 1.59. The first-order valence-electron chi connectivity index (χ1n) is 5.24. The fraction of sp³-hybridized carbons (Fsp3) is 0.167. The van der Waals surface area contributed by atoms with E-state index >= 15 is 0 Å². The molecule has 0 saturated carbocycles. The van der Waals surface area contributed by atoms with Gasteiger partial charge in [0.15, 0.2) is 0 Å². The minimum Gasteiger partial charge on any atom is -0.496 e. The highest BCUT2D eigenvalue weighted by Gasteiger charge is 2.13. The van der Waals surface area contributed by atoms with E-state index in [0.717, 1.165) is 16.8 Å². The number of aryl methyl sites for hydroxylation is 1. The van der Waals surface area contributed by atoms with Gasteiger partial charge in [-0.25, -0.2) is 0 Å². The largest absolute Gasteiger partial charge is 0.496 e. The lowest BCUT2D eigenvalue weighted by atomic mass is 10.1. The van der Waals surface area contributed by atoms with Crippen LogP contribution in [0.2, 0.25) is 0 Å². The maximum Gasteiger partial charge on any atom is 0.273 e. The minimum absolute atomic E-state index is 0.00524. The van der Waals surface area contributed by atoms with Gasteiger partial charge in [-0.3, -0.25) is 10.1 Å². The second-order valence-corrected chi connectivity index (χ2v) is 3.73. The number of aromatic nitrogens is 2. The zero-order valence-electron chi connectivity index (χ0n) is 9.95. The molecule has 92 valence electrons. The van der Waals surface area contributed by atoms with E-state index in [1.807, 2.05) is 13.0 Å². The molecule has 0 aliphatic carbocycles. The summed E-state index contributed by atoms with van der Waals surface area (Å²) in [6, 6.07) is 6.32. The molecule has 0 saturated heterocycles. The van der Waals surface area contributed by atoms with E-state index < -0.39 is 4.92 Å². The number of methoxy groups -OCH3 is 1. The Hall–Kier alpha value is -2.50. The molecule has 0 N–H and O–H groups in total. The van der Waals surface area contributed by atoms with Gasteiger partial charge in [-0.15, -0.1) is 0 Å². The first-order valence-corrected chi connectivity index (χ1v) is 5.24. The molecule has 2 aromatic rings. The van der Waals surface area contributed by atoms with Crippen LogP contribution in [-0.4, -0.2) is 22.2 Å². The molecule has 1 aromatic heterocycles. The van der Waals surface area contributed by atoms with Crippen molar-refractivity contribution in [2.45, 2.75) is 6.92 Å². The van der Waals surface area contributed by atoms with Crippen LogP contribution in [0.1, 0.15) is 5.69 Å². The van der Waals surface area contributed by atoms with Crippen LogP contribution in [0.3, 0.4) is 0 Å². The van der Waals surface area contributed by atoms with Gasteiger partial charge in [0.05, 0.1) is 30.0 Å². The topological polar surface area (TPSA) is 78.2 Å². The van der Waals surface area contributed by atoms with Gasteiger partial charge in [0, 0.05) is 17.2 Å². The van der Waals surface area contributed by atoms with Crippen molar-refractivity contribution in [3.8, 4) is 16.9 Å². The highest BCUT2D eigenvalue weighted by molar-refractivity contribution is 5.71. The van der Waals surface area contributed by atoms with Gasteiger partial charge in [0.2, 0.25) is 0 Å². The van der Waals surface area contributed by atoms with Gasteiger partial charge in [-0.05, 0) is 19.1 Å². The highest BCUT2D eigenvalue weighted by Crippen LogP contribution is 2.32. The molecular weight excluding hydrogens is 234 g/mol. The smallest absolute Gasteiger partial charge is 0.273 e. The Morgan fingerprint density at radius 1 is 1.33 bits per heavy atom. The molecular formula is C12H11N3O3. The number of non-ortho nitro benzene ring substituents is 1. The summed E-state index contributed by atoms with van der Waals surface area (Å²) in [5.41, 5.74) is 2.33. The first-order chi connectivity index (χ1) is 8.61. The van der Waals surface area contributed by atoms with Crippen LogP contribution in [0.15, 0.2) is 30.5 Å². The summed E-state index contributed by atoms with van der Waals surface area (Å²) in [6.45, 7) is 1.83. The molecule has 6 heteroatoms. The minimum atomic E-state index is -0.456. The number of hydrogen-bond donors (Lipinski definition) is 0. The van der Waals surface area contributed by atoms with Crippen molar-refractivity contribution in [2.24, 2.45) is 0 Å². The Balaban J connectivity index is 2.54. The summed E-state index contributed by atoms with van der Waals surface area (Å²) >= 11 is 0. The molecule has 2 rings (SSSR count). The van der Waals surface area contributed by atoms with E-state index in [4.69, 9.17) is 4.74 Å². The fourth-order valence-corrected chi connectivity index (χ4v) is 1.65. The van der Waals surface area contributed by atoms with E-state index in [-0.39, 0.29) is 5.69 Å². The summed E-state index contributed by atoms with van der Waals surface area (Å²) in [5, 5.41) is 18.4. The monoisotopic (exact) mass is 245 g/mol. The van der Waals surface area contributed by atoms with Gasteiger partial charge < -0.3 is 4.74 Å². The first kappa shape index (κ1) is 12.0. The Kier molecular flexibility index (Phi) is 3.18. The molecule has 0 unspecified atom stereocenters. The number of ether oxygens (including phenoxy) is 1. The van der Waals surface area contributed by atoms with E-state index in [1.54, 1.807) is 12.3 Å². The molecule has 0 aliphatic heterocycles. The standard InChI is InChI=1S/C12H11N3O3/c1-8-5-9(7-13-14-8)11-4-3-10(15(16)17)6-12(11)18-2/h3-7H,1-2H3. The van der Waals surface area contributed by atoms with Gasteiger partial charge in [-0.2, -0.15) is 10.2 Å². The maximum atomic E-state index is 10.7. The van der Waals surface area contributed by atoms with Crippen LogP contribution in [-0.2, 0) is 0 Å². The molecule has 1 aromatic carbocycles. The van der Waals surface area contributed by atoms with Gasteiger partial charge >= 0.3 is 0 Å². The third-order valence-electron chi connectivity index (χ3n) is 2.48. The van der Waals surface area contributed by atoms with E-state index in [0.29, 0.717) is 5.75 Å². The van der Waals surface area contributed by atoms with E-state index in [9.17, 15) is 10.1 Å². The van der Waals surface area contributed by atoms with E-state index in [1.165, 1.54) is 19.2 Å². The second kappa shape index (κ2) is 4.79. The van der Waals surface area contributed by atoms with Gasteiger partial charge in [0.25, 0.3) is 5.69 Å². The average Bonchev–Trinajstić information content (AvgIpc) is 2.37. The number of nitrogens with zero attached hydrogens (tertiary/aromatic N) is 3. The number of nitro benzene ring substituents is 1. The van der Waals surface area contributed by atoms with Crippen molar-refractivity contribution >= 4 is 5.69 Å². The predicted molar refractivity (Wildman–Crippen MR) is 65.4 cm³/mol. The van der Waals surface area contributed by atoms with Gasteiger partial charge in [0.1, 0.15) is 5.75 Å². The van der Waals surface area contributed by atoms with Crippen molar-refractivity contribution in [3.05, 3.63) is 46.3 Å². The molecule has 0 bridgehead atoms. The Labute approximate surface area is 103 Å². The summed E-state index contributed by atoms with van der Waals surface area (Å²) < 4.78 is 5.18. The molecule has 0 aliphatic rings. The molecule has 0 amide bonds. The molecule has 0 spiro atoms. The molecule has 0 atom stereocenters. The van der Waals surface area contributed by atoms with Crippen molar-refractivity contribution in [1.82, 2.24) is 10.2 Å². The Bertz CT molecular complexity index is 599. The van der Waals surface area contributed by atoms with Crippen molar-refractivity contribution in [2.75, 3.05) is 7.11 Å². The molecule has 6 nitrogen and oxygen atoms in total. The number of benzene rings is 1. The zero-order valence-corrected chi connectivity index (χ0v) is 9.95. The lowest BCUT2D eigenvalue weighted by Gasteiger charge is -2.08. The molecule has 0 radical (unpaired) electrons. The highest BCUT2D eigenvalue weighted by atomic mass is 16.6. The quantitative estimate of drug-likeness (QED) is 0.612. The maximum absolute atomic E-state index is 10.7.